The van der Waals surface area contributed by atoms with Crippen LogP contribution in [-0.4, -0.2) is 51.7 Å². The van der Waals surface area contributed by atoms with Crippen LogP contribution in [-0.2, 0) is 22.4 Å². The molecule has 1 aliphatic heterocycles. The lowest BCUT2D eigenvalue weighted by molar-refractivity contribution is -0.138. The van der Waals surface area contributed by atoms with Crippen LogP contribution in [0.5, 0.6) is 11.5 Å². The van der Waals surface area contributed by atoms with E-state index in [1.807, 2.05) is 36.4 Å². The number of Topliss-reactive ketones (excluding diaryl/α,β-unsaturated/α-hetero) is 2. The van der Waals surface area contributed by atoms with Crippen molar-refractivity contribution in [3.63, 3.8) is 0 Å². The highest BCUT2D eigenvalue weighted by Crippen LogP contribution is 2.56. The number of ether oxygens (including phenoxy) is 1. The van der Waals surface area contributed by atoms with Gasteiger partial charge in [0.1, 0.15) is 0 Å². The van der Waals surface area contributed by atoms with Gasteiger partial charge >= 0.3 is 0 Å². The highest BCUT2D eigenvalue weighted by molar-refractivity contribution is 6.05. The molecule has 3 heterocycles. The van der Waals surface area contributed by atoms with E-state index in [1.165, 1.54) is 7.11 Å². The zero-order valence-corrected chi connectivity index (χ0v) is 25.9. The zero-order chi connectivity index (χ0) is 32.0. The number of aliphatic hydroxyl groups excluding tert-OH is 2. The lowest BCUT2D eigenvalue weighted by Crippen LogP contribution is -2.37. The molecule has 9 heteroatoms. The fourth-order valence-electron chi connectivity index (χ4n) is 6.63. The molecule has 45 heavy (non-hydrogen) atoms. The van der Waals surface area contributed by atoms with Gasteiger partial charge in [-0.2, -0.15) is 11.9 Å². The fourth-order valence-corrected chi connectivity index (χ4v) is 6.63. The van der Waals surface area contributed by atoms with Gasteiger partial charge in [-0.25, -0.2) is 0 Å². The minimum Gasteiger partial charge on any atom is -0.668 e. The van der Waals surface area contributed by atoms with Gasteiger partial charge in [-0.05, 0) is 47.6 Å². The number of aryl methyl sites for hydroxylation is 1. The molecule has 0 saturated heterocycles. The van der Waals surface area contributed by atoms with Crippen LogP contribution < -0.4 is 9.72 Å². The van der Waals surface area contributed by atoms with E-state index in [2.05, 4.69) is 22.2 Å². The summed E-state index contributed by atoms with van der Waals surface area (Å²) in [6.45, 7) is 1.88. The quantitative estimate of drug-likeness (QED) is 0.136. The number of pyridine rings is 1. The standard InChI is InChI=1S/C36H41N3O6/c1-3-4-5-6-7-10-28(41)34(44)29(42)12-11-23-18-27(33(43)30(19-23)45-2)32-26-14-17-39-35-31(26)24(13-16-38-35)20-36(32,22-40)21-25-9-8-15-37-25/h8-9,13-20,32,34,40,44H,3-7,10-12,21-22H2,1-2H3,(H-,38,39,43)/q-2/t32-,34-,36-/m0/s1. The van der Waals surface area contributed by atoms with E-state index in [0.29, 0.717) is 29.8 Å². The number of aliphatic hydroxyl groups is 2. The van der Waals surface area contributed by atoms with E-state index < -0.39 is 29.0 Å². The van der Waals surface area contributed by atoms with Crippen LogP contribution in [0.25, 0.3) is 10.9 Å². The summed E-state index contributed by atoms with van der Waals surface area (Å²) in [7, 11) is 1.46. The normalized spacial score (nSPS) is 18.9. The first kappa shape index (κ1) is 32.2. The van der Waals surface area contributed by atoms with E-state index in [1.54, 1.807) is 24.7 Å². The van der Waals surface area contributed by atoms with Crippen molar-refractivity contribution in [1.29, 1.82) is 0 Å². The number of ketones is 2. The van der Waals surface area contributed by atoms with Crippen molar-refractivity contribution < 1.29 is 29.6 Å². The predicted molar refractivity (Wildman–Crippen MR) is 172 cm³/mol. The lowest BCUT2D eigenvalue weighted by Gasteiger charge is -2.45. The molecule has 1 aliphatic carbocycles. The number of phenols is 1. The van der Waals surface area contributed by atoms with E-state index in [4.69, 9.17) is 4.74 Å². The summed E-state index contributed by atoms with van der Waals surface area (Å²) in [5.41, 5.74) is 3.66. The molecule has 9 nitrogen and oxygen atoms in total. The minimum absolute atomic E-state index is 0.0538. The van der Waals surface area contributed by atoms with Gasteiger partial charge < -0.3 is 35.3 Å². The molecule has 0 spiro atoms. The Hall–Kier alpha value is -4.21. The molecule has 1 aromatic carbocycles. The number of methoxy groups -OCH3 is 1. The molecular weight excluding hydrogens is 570 g/mol. The Labute approximate surface area is 264 Å². The number of hydrogen-bond donors (Lipinski definition) is 3. The van der Waals surface area contributed by atoms with Crippen molar-refractivity contribution in [3.8, 4) is 11.5 Å². The number of benzene rings is 1. The Balaban J connectivity index is 1.47. The smallest absolute Gasteiger partial charge is 0.170 e. The maximum absolute atomic E-state index is 12.9. The number of nitrogens with zero attached hydrogens (tertiary/aromatic N) is 3. The highest BCUT2D eigenvalue weighted by atomic mass is 16.5. The summed E-state index contributed by atoms with van der Waals surface area (Å²) in [4.78, 5) is 34.3. The second-order valence-corrected chi connectivity index (χ2v) is 12.0. The molecule has 2 aliphatic rings. The first-order valence-corrected chi connectivity index (χ1v) is 15.7. The summed E-state index contributed by atoms with van der Waals surface area (Å²) in [5, 5.41) is 37.6. The average Bonchev–Trinajstić information content (AvgIpc) is 3.57. The van der Waals surface area contributed by atoms with Gasteiger partial charge in [-0.1, -0.05) is 87.2 Å². The second kappa shape index (κ2) is 14.3. The zero-order valence-electron chi connectivity index (χ0n) is 25.9. The highest BCUT2D eigenvalue weighted by Gasteiger charge is 2.44. The largest absolute Gasteiger partial charge is 0.668 e. The molecule has 0 unspecified atom stereocenters. The van der Waals surface area contributed by atoms with Crippen molar-refractivity contribution in [1.82, 2.24) is 9.97 Å². The van der Waals surface area contributed by atoms with Gasteiger partial charge in [-0.3, -0.25) is 9.59 Å². The van der Waals surface area contributed by atoms with Gasteiger partial charge in [0.25, 0.3) is 0 Å². The van der Waals surface area contributed by atoms with Gasteiger partial charge in [0.2, 0.25) is 0 Å². The topological polar surface area (TPSA) is 145 Å². The first-order chi connectivity index (χ1) is 21.8. The van der Waals surface area contributed by atoms with Crippen LogP contribution in [0, 0.1) is 5.41 Å². The number of carbonyl (C=O) groups is 2. The molecule has 0 radical (unpaired) electrons. The molecule has 0 amide bonds. The number of aromatic nitrogens is 2. The average molecular weight is 612 g/mol. The first-order valence-electron chi connectivity index (χ1n) is 15.7. The molecule has 238 valence electrons. The third kappa shape index (κ3) is 6.74. The van der Waals surface area contributed by atoms with Crippen LogP contribution in [0.15, 0.2) is 61.1 Å². The molecule has 0 saturated carbocycles. The van der Waals surface area contributed by atoms with Crippen LogP contribution in [0.3, 0.4) is 0 Å². The number of aromatic hydroxyl groups is 1. The van der Waals surface area contributed by atoms with Gasteiger partial charge in [0.15, 0.2) is 29.2 Å². The molecule has 5 rings (SSSR count). The van der Waals surface area contributed by atoms with E-state index in [9.17, 15) is 24.9 Å². The van der Waals surface area contributed by atoms with E-state index >= 15 is 0 Å². The third-order valence-electron chi connectivity index (χ3n) is 8.94. The number of rotatable bonds is 16. The summed E-state index contributed by atoms with van der Waals surface area (Å²) in [6, 6.07) is 9.14. The van der Waals surface area contributed by atoms with Crippen LogP contribution in [0.1, 0.15) is 85.7 Å². The Morgan fingerprint density at radius 2 is 1.89 bits per heavy atom. The Morgan fingerprint density at radius 1 is 1.09 bits per heavy atom. The van der Waals surface area contributed by atoms with Gasteiger partial charge in [-0.15, -0.1) is 0 Å². The van der Waals surface area contributed by atoms with Gasteiger partial charge in [0, 0.05) is 29.7 Å². The summed E-state index contributed by atoms with van der Waals surface area (Å²) in [5.74, 6) is -0.821. The number of allylic oxidation sites excluding steroid dienone is 2. The van der Waals surface area contributed by atoms with Crippen LogP contribution in [0.2, 0.25) is 0 Å². The monoisotopic (exact) mass is 611 g/mol. The van der Waals surface area contributed by atoms with Crippen molar-refractivity contribution >= 4 is 23.0 Å². The summed E-state index contributed by atoms with van der Waals surface area (Å²) < 4.78 is 5.58. The lowest BCUT2D eigenvalue weighted by atomic mass is 9.61. The van der Waals surface area contributed by atoms with Crippen molar-refractivity contribution in [3.05, 3.63) is 94.3 Å². The molecule has 3 atom stereocenters. The summed E-state index contributed by atoms with van der Waals surface area (Å²) >= 11 is 0. The van der Waals surface area contributed by atoms with Crippen molar-refractivity contribution in [2.45, 2.75) is 76.7 Å². The van der Waals surface area contributed by atoms with E-state index in [-0.39, 0.29) is 37.4 Å². The van der Waals surface area contributed by atoms with Crippen molar-refractivity contribution in [2.24, 2.45) is 5.41 Å². The third-order valence-corrected chi connectivity index (χ3v) is 8.94. The Morgan fingerprint density at radius 3 is 2.62 bits per heavy atom. The number of unbranched alkanes of at least 4 members (excludes halogenated alkanes) is 4. The van der Waals surface area contributed by atoms with E-state index in [0.717, 1.165) is 48.1 Å². The molecular formula is C36H41N3O6-2. The number of carbonyl (C=O) groups excluding carboxylic acids is 2. The number of hydrogen-bond acceptors (Lipinski definition) is 7. The Bertz CT molecular complexity index is 1580. The maximum Gasteiger partial charge on any atom is 0.170 e. The minimum atomic E-state index is -1.64. The molecule has 3 aromatic rings. The van der Waals surface area contributed by atoms with Crippen molar-refractivity contribution in [2.75, 3.05) is 13.7 Å². The second-order valence-electron chi connectivity index (χ2n) is 12.0. The predicted octanol–water partition coefficient (Wildman–Crippen LogP) is 5.83. The SMILES string of the molecule is CCCCCCCC(=O)[C@H](O)C(=O)CCc1cc(OC)c(O)c([C@@H]2c3ccnc4c3C(=C[C@@]2(CO)Cc2ccc[n-]2)C=C[N-]4)c1. The van der Waals surface area contributed by atoms with Crippen LogP contribution >= 0.6 is 0 Å². The fraction of sp³-hybridized carbons (Fsp3) is 0.417. The molecule has 0 bridgehead atoms. The Kier molecular flexibility index (Phi) is 10.2. The van der Waals surface area contributed by atoms with Crippen LogP contribution in [0.4, 0.5) is 5.82 Å². The molecule has 2 aromatic heterocycles. The summed E-state index contributed by atoms with van der Waals surface area (Å²) in [6.07, 6.45) is 12.9. The molecule has 0 fully saturated rings. The number of phenolic OH excluding ortho intramolecular Hbond substituents is 1. The van der Waals surface area contributed by atoms with Gasteiger partial charge in [0.05, 0.1) is 13.7 Å². The molecule has 3 N–H and O–H groups in total. The maximum atomic E-state index is 12.9.